The summed E-state index contributed by atoms with van der Waals surface area (Å²) in [4.78, 5) is 3.97. The monoisotopic (exact) mass is 172 g/mol. The number of nitrogens with zero attached hydrogens (tertiary/aromatic N) is 3. The number of benzene rings is 1. The van der Waals surface area contributed by atoms with Crippen LogP contribution in [0.2, 0.25) is 0 Å². The summed E-state index contributed by atoms with van der Waals surface area (Å²) in [6.45, 7) is 0. The summed E-state index contributed by atoms with van der Waals surface area (Å²) in [6, 6.07) is 6.43. The fraction of sp³-hybridized carbons (Fsp3) is 0. The van der Waals surface area contributed by atoms with Crippen molar-refractivity contribution in [3.8, 4) is 5.75 Å². The number of hydrogen-bond donors (Lipinski definition) is 1. The third-order valence-electron chi connectivity index (χ3n) is 1.83. The molecule has 1 aromatic carbocycles. The van der Waals surface area contributed by atoms with Gasteiger partial charge in [0.1, 0.15) is 11.3 Å². The van der Waals surface area contributed by atoms with Crippen molar-refractivity contribution in [2.75, 3.05) is 0 Å². The second-order valence-corrected chi connectivity index (χ2v) is 2.60. The van der Waals surface area contributed by atoms with Gasteiger partial charge < -0.3 is 5.11 Å². The minimum Gasteiger partial charge on any atom is -0.506 e. The lowest BCUT2D eigenvalue weighted by atomic mass is 10.2. The van der Waals surface area contributed by atoms with Gasteiger partial charge in [-0.25, -0.2) is 0 Å². The molecule has 2 rings (SSSR count). The standard InChI is InChI=1S/C9H6N3O/c10-12-7-3-4-8(13)9-6(7)2-1-5-11-9/h1-5,13H. The summed E-state index contributed by atoms with van der Waals surface area (Å²) in [7, 11) is 0. The van der Waals surface area contributed by atoms with Gasteiger partial charge in [0.15, 0.2) is 0 Å². The molecule has 2 aromatic rings. The highest BCUT2D eigenvalue weighted by Gasteiger charge is 2.04. The number of aromatic hydroxyl groups is 1. The van der Waals surface area contributed by atoms with E-state index < -0.39 is 0 Å². The topological polar surface area (TPSA) is 67.8 Å². The fourth-order valence-electron chi connectivity index (χ4n) is 1.23. The van der Waals surface area contributed by atoms with Crippen molar-refractivity contribution in [1.29, 1.82) is 0 Å². The number of rotatable bonds is 1. The largest absolute Gasteiger partial charge is 0.506 e. The van der Waals surface area contributed by atoms with Gasteiger partial charge in [-0.2, -0.15) is 0 Å². The number of fused-ring (bicyclic) bond motifs is 1. The molecule has 0 bridgehead atoms. The van der Waals surface area contributed by atoms with Gasteiger partial charge in [0, 0.05) is 11.6 Å². The van der Waals surface area contributed by atoms with E-state index in [0.717, 1.165) is 0 Å². The molecule has 0 aliphatic heterocycles. The van der Waals surface area contributed by atoms with Gasteiger partial charge in [0.05, 0.1) is 5.69 Å². The quantitative estimate of drug-likeness (QED) is 0.666. The summed E-state index contributed by atoms with van der Waals surface area (Å²) < 4.78 is 0. The van der Waals surface area contributed by atoms with E-state index in [9.17, 15) is 5.11 Å². The molecule has 4 nitrogen and oxygen atoms in total. The molecule has 0 unspecified atom stereocenters. The van der Waals surface area contributed by atoms with Gasteiger partial charge >= 0.3 is 0 Å². The molecule has 0 amide bonds. The maximum Gasteiger partial charge on any atom is 0.141 e. The Bertz CT molecular complexity index is 467. The molecule has 0 saturated carbocycles. The van der Waals surface area contributed by atoms with E-state index in [-0.39, 0.29) is 5.75 Å². The highest BCUT2D eigenvalue weighted by molar-refractivity contribution is 5.93. The van der Waals surface area contributed by atoms with E-state index in [4.69, 9.17) is 5.53 Å². The Balaban J connectivity index is 2.92. The highest BCUT2D eigenvalue weighted by Crippen LogP contribution is 2.29. The van der Waals surface area contributed by atoms with E-state index in [1.807, 2.05) is 0 Å². The number of phenols is 1. The Kier molecular flexibility index (Phi) is 1.66. The average Bonchev–Trinajstić information content (AvgIpc) is 2.19. The molecule has 63 valence electrons. The van der Waals surface area contributed by atoms with Crippen LogP contribution in [0.25, 0.3) is 10.9 Å². The molecular weight excluding hydrogens is 166 g/mol. The normalized spacial score (nSPS) is 10.2. The number of aromatic nitrogens is 1. The highest BCUT2D eigenvalue weighted by atomic mass is 16.3. The zero-order valence-corrected chi connectivity index (χ0v) is 6.68. The lowest BCUT2D eigenvalue weighted by Gasteiger charge is -2.00. The van der Waals surface area contributed by atoms with Crippen molar-refractivity contribution in [2.24, 2.45) is 5.11 Å². The molecule has 0 spiro atoms. The van der Waals surface area contributed by atoms with E-state index in [0.29, 0.717) is 16.6 Å². The van der Waals surface area contributed by atoms with Crippen molar-refractivity contribution < 1.29 is 5.11 Å². The Labute approximate surface area is 74.4 Å². The van der Waals surface area contributed by atoms with Gasteiger partial charge in [-0.3, -0.25) is 4.98 Å². The average molecular weight is 172 g/mol. The SMILES string of the molecule is [N]=Nc1ccc(O)c2ncccc12. The lowest BCUT2D eigenvalue weighted by molar-refractivity contribution is 0.480. The Morgan fingerprint density at radius 1 is 1.31 bits per heavy atom. The van der Waals surface area contributed by atoms with Crippen LogP contribution in [0, 0.1) is 0 Å². The molecule has 1 heterocycles. The van der Waals surface area contributed by atoms with Crippen LogP contribution in [0.1, 0.15) is 0 Å². The predicted octanol–water partition coefficient (Wildman–Crippen LogP) is 1.82. The van der Waals surface area contributed by atoms with E-state index in [1.54, 1.807) is 18.3 Å². The third kappa shape index (κ3) is 1.12. The van der Waals surface area contributed by atoms with Crippen LogP contribution in [-0.4, -0.2) is 10.1 Å². The first-order chi connectivity index (χ1) is 6.33. The maximum absolute atomic E-state index is 9.41. The molecule has 1 radical (unpaired) electrons. The Hall–Kier alpha value is -1.97. The summed E-state index contributed by atoms with van der Waals surface area (Å²) in [5.41, 5.74) is 9.49. The maximum atomic E-state index is 9.41. The molecule has 4 heteroatoms. The van der Waals surface area contributed by atoms with Crippen molar-refractivity contribution >= 4 is 16.6 Å². The van der Waals surface area contributed by atoms with Crippen LogP contribution >= 0.6 is 0 Å². The summed E-state index contributed by atoms with van der Waals surface area (Å²) in [5.74, 6) is 0.0861. The predicted molar refractivity (Wildman–Crippen MR) is 47.6 cm³/mol. The van der Waals surface area contributed by atoms with Crippen molar-refractivity contribution in [1.82, 2.24) is 10.5 Å². The smallest absolute Gasteiger partial charge is 0.141 e. The second-order valence-electron chi connectivity index (χ2n) is 2.60. The summed E-state index contributed by atoms with van der Waals surface area (Å²) in [5, 5.41) is 13.1. The Morgan fingerprint density at radius 2 is 2.15 bits per heavy atom. The molecular formula is C9H6N3O. The minimum atomic E-state index is 0.0861. The van der Waals surface area contributed by atoms with E-state index in [2.05, 4.69) is 10.1 Å². The van der Waals surface area contributed by atoms with Crippen LogP contribution in [0.5, 0.6) is 5.75 Å². The van der Waals surface area contributed by atoms with Crippen molar-refractivity contribution in [2.45, 2.75) is 0 Å². The van der Waals surface area contributed by atoms with Gasteiger partial charge in [-0.1, -0.05) is 0 Å². The number of pyridine rings is 1. The van der Waals surface area contributed by atoms with Crippen LogP contribution < -0.4 is 5.53 Å². The fourth-order valence-corrected chi connectivity index (χ4v) is 1.23. The summed E-state index contributed by atoms with van der Waals surface area (Å²) in [6.07, 6.45) is 1.57. The van der Waals surface area contributed by atoms with E-state index in [1.165, 1.54) is 12.1 Å². The first kappa shape index (κ1) is 7.67. The molecule has 0 aliphatic rings. The molecule has 0 aliphatic carbocycles. The molecule has 0 fully saturated rings. The van der Waals surface area contributed by atoms with Crippen molar-refractivity contribution in [3.63, 3.8) is 0 Å². The molecule has 0 atom stereocenters. The van der Waals surface area contributed by atoms with Gasteiger partial charge in [0.2, 0.25) is 0 Å². The zero-order chi connectivity index (χ0) is 9.26. The van der Waals surface area contributed by atoms with Crippen molar-refractivity contribution in [3.05, 3.63) is 30.5 Å². The third-order valence-corrected chi connectivity index (χ3v) is 1.83. The first-order valence-electron chi connectivity index (χ1n) is 3.75. The first-order valence-corrected chi connectivity index (χ1v) is 3.75. The number of hydrogen-bond acceptors (Lipinski definition) is 3. The molecule has 1 N–H and O–H groups in total. The zero-order valence-electron chi connectivity index (χ0n) is 6.68. The van der Waals surface area contributed by atoms with Crippen LogP contribution in [0.15, 0.2) is 35.6 Å². The Morgan fingerprint density at radius 3 is 2.92 bits per heavy atom. The molecule has 0 saturated heterocycles. The molecule has 13 heavy (non-hydrogen) atoms. The van der Waals surface area contributed by atoms with Crippen LogP contribution in [0.4, 0.5) is 5.69 Å². The van der Waals surface area contributed by atoms with E-state index >= 15 is 0 Å². The van der Waals surface area contributed by atoms with Gasteiger partial charge in [-0.05, 0) is 29.8 Å². The van der Waals surface area contributed by atoms with Crippen LogP contribution in [0.3, 0.4) is 0 Å². The minimum absolute atomic E-state index is 0.0861. The van der Waals surface area contributed by atoms with Gasteiger partial charge in [0.25, 0.3) is 0 Å². The molecule has 1 aromatic heterocycles. The summed E-state index contributed by atoms with van der Waals surface area (Å²) >= 11 is 0. The lowest BCUT2D eigenvalue weighted by Crippen LogP contribution is -1.78. The van der Waals surface area contributed by atoms with Gasteiger partial charge in [-0.15, -0.1) is 5.11 Å². The second kappa shape index (κ2) is 2.82. The number of phenolic OH excluding ortho intramolecular Hbond substituents is 1. The van der Waals surface area contributed by atoms with Crippen LogP contribution in [-0.2, 0) is 0 Å².